The van der Waals surface area contributed by atoms with E-state index in [9.17, 15) is 4.79 Å². The van der Waals surface area contributed by atoms with Crippen LogP contribution in [0.5, 0.6) is 0 Å². The van der Waals surface area contributed by atoms with Crippen LogP contribution in [-0.2, 0) is 7.05 Å². The molecule has 118 valence electrons. The Kier molecular flexibility index (Phi) is 3.37. The molecule has 4 rings (SSSR count). The molecule has 0 amide bonds. The van der Waals surface area contributed by atoms with Crippen molar-refractivity contribution in [3.05, 3.63) is 52.6 Å². The van der Waals surface area contributed by atoms with Gasteiger partial charge in [-0.05, 0) is 36.5 Å². The molecule has 3 aromatic rings. The molecule has 0 radical (unpaired) electrons. The summed E-state index contributed by atoms with van der Waals surface area (Å²) in [7, 11) is 1.95. The summed E-state index contributed by atoms with van der Waals surface area (Å²) < 4.78 is 1.85. The quantitative estimate of drug-likeness (QED) is 0.786. The molecule has 0 saturated carbocycles. The first-order valence-corrected chi connectivity index (χ1v) is 7.93. The third-order valence-electron chi connectivity index (χ3n) is 4.59. The first-order valence-electron chi connectivity index (χ1n) is 7.93. The number of aryl methyl sites for hydroxylation is 1. The van der Waals surface area contributed by atoms with E-state index in [1.807, 2.05) is 36.1 Å². The number of rotatable bonds is 2. The molecule has 6 heteroatoms. The lowest BCUT2D eigenvalue weighted by Gasteiger charge is -2.32. The Balaban J connectivity index is 1.55. The lowest BCUT2D eigenvalue weighted by Crippen LogP contribution is -2.35. The number of aromatic amines is 1. The van der Waals surface area contributed by atoms with Crippen molar-refractivity contribution >= 4 is 16.9 Å². The maximum Gasteiger partial charge on any atom is 0.260 e. The van der Waals surface area contributed by atoms with Crippen LogP contribution in [0.25, 0.3) is 10.9 Å². The van der Waals surface area contributed by atoms with Gasteiger partial charge < -0.3 is 4.90 Å². The zero-order valence-corrected chi connectivity index (χ0v) is 13.1. The van der Waals surface area contributed by atoms with E-state index in [0.29, 0.717) is 17.3 Å². The highest BCUT2D eigenvalue weighted by atomic mass is 16.1. The van der Waals surface area contributed by atoms with Crippen LogP contribution >= 0.6 is 0 Å². The van der Waals surface area contributed by atoms with Crippen LogP contribution in [0, 0.1) is 0 Å². The summed E-state index contributed by atoms with van der Waals surface area (Å²) in [6, 6.07) is 7.46. The summed E-state index contributed by atoms with van der Waals surface area (Å²) >= 11 is 0. The molecule has 1 N–H and O–H groups in total. The van der Waals surface area contributed by atoms with Gasteiger partial charge >= 0.3 is 0 Å². The average molecular weight is 309 g/mol. The maximum absolute atomic E-state index is 12.2. The summed E-state index contributed by atoms with van der Waals surface area (Å²) in [5, 5.41) is 4.90. The van der Waals surface area contributed by atoms with Crippen LogP contribution in [0.15, 0.2) is 41.5 Å². The highest BCUT2D eigenvalue weighted by Gasteiger charge is 2.23. The predicted octanol–water partition coefficient (Wildman–Crippen LogP) is 2.04. The van der Waals surface area contributed by atoms with Crippen LogP contribution < -0.4 is 10.5 Å². The van der Waals surface area contributed by atoms with E-state index < -0.39 is 0 Å². The molecular weight excluding hydrogens is 290 g/mol. The Morgan fingerprint density at radius 1 is 1.22 bits per heavy atom. The maximum atomic E-state index is 12.2. The van der Waals surface area contributed by atoms with Crippen molar-refractivity contribution in [3.63, 3.8) is 0 Å². The van der Waals surface area contributed by atoms with E-state index in [4.69, 9.17) is 0 Å². The summed E-state index contributed by atoms with van der Waals surface area (Å²) in [5.74, 6) is 1.21. The second-order valence-electron chi connectivity index (χ2n) is 6.12. The zero-order valence-electron chi connectivity index (χ0n) is 13.1. The van der Waals surface area contributed by atoms with Crippen LogP contribution in [-0.4, -0.2) is 32.8 Å². The van der Waals surface area contributed by atoms with Crippen molar-refractivity contribution in [2.24, 2.45) is 7.05 Å². The van der Waals surface area contributed by atoms with Crippen molar-refractivity contribution in [2.45, 2.75) is 18.8 Å². The van der Waals surface area contributed by atoms with Crippen LogP contribution in [0.4, 0.5) is 5.95 Å². The second kappa shape index (κ2) is 5.53. The Morgan fingerprint density at radius 3 is 2.74 bits per heavy atom. The van der Waals surface area contributed by atoms with Crippen LogP contribution in [0.2, 0.25) is 0 Å². The number of nitrogens with zero attached hydrogens (tertiary/aromatic N) is 4. The van der Waals surface area contributed by atoms with Crippen molar-refractivity contribution in [1.82, 2.24) is 19.7 Å². The minimum Gasteiger partial charge on any atom is -0.342 e. The number of hydrogen-bond donors (Lipinski definition) is 1. The molecule has 1 aliphatic heterocycles. The minimum absolute atomic E-state index is 0.0695. The lowest BCUT2D eigenvalue weighted by molar-refractivity contribution is 0.499. The Hall–Kier alpha value is -2.63. The van der Waals surface area contributed by atoms with Gasteiger partial charge in [-0.3, -0.25) is 14.5 Å². The minimum atomic E-state index is -0.0695. The zero-order chi connectivity index (χ0) is 15.8. The molecule has 1 saturated heterocycles. The van der Waals surface area contributed by atoms with Gasteiger partial charge in [0.05, 0.1) is 17.1 Å². The fourth-order valence-electron chi connectivity index (χ4n) is 3.30. The van der Waals surface area contributed by atoms with Gasteiger partial charge in [0.1, 0.15) is 0 Å². The third-order valence-corrected chi connectivity index (χ3v) is 4.59. The lowest BCUT2D eigenvalue weighted by atomic mass is 9.92. The Morgan fingerprint density at radius 2 is 2.00 bits per heavy atom. The standard InChI is InChI=1S/C17H19N5O/c1-21-11-13(10-18-21)12-6-8-22(9-7-12)17-19-15-5-3-2-4-14(15)16(23)20-17/h2-5,10-12H,6-9H2,1H3,(H,19,20,23). The number of hydrogen-bond acceptors (Lipinski definition) is 4. The molecule has 1 aromatic carbocycles. The first kappa shape index (κ1) is 14.0. The van der Waals surface area contributed by atoms with Crippen molar-refractivity contribution in [1.29, 1.82) is 0 Å². The molecule has 2 aromatic heterocycles. The van der Waals surface area contributed by atoms with Crippen LogP contribution in [0.3, 0.4) is 0 Å². The number of para-hydroxylation sites is 1. The molecule has 6 nitrogen and oxygen atoms in total. The molecule has 23 heavy (non-hydrogen) atoms. The number of fused-ring (bicyclic) bond motifs is 1. The number of benzene rings is 1. The third kappa shape index (κ3) is 2.60. The van der Waals surface area contributed by atoms with Crippen LogP contribution in [0.1, 0.15) is 24.3 Å². The van der Waals surface area contributed by atoms with E-state index in [-0.39, 0.29) is 5.56 Å². The summed E-state index contributed by atoms with van der Waals surface area (Å²) in [4.78, 5) is 21.9. The number of H-pyrrole nitrogens is 1. The van der Waals surface area contributed by atoms with Crippen molar-refractivity contribution < 1.29 is 0 Å². The molecule has 3 heterocycles. The van der Waals surface area contributed by atoms with Crippen molar-refractivity contribution in [3.8, 4) is 0 Å². The summed E-state index contributed by atoms with van der Waals surface area (Å²) in [5.41, 5.74) is 1.98. The van der Waals surface area contributed by atoms with Gasteiger partial charge in [-0.2, -0.15) is 5.10 Å². The molecule has 0 aliphatic carbocycles. The van der Waals surface area contributed by atoms with Gasteiger partial charge in [-0.15, -0.1) is 0 Å². The normalized spacial score (nSPS) is 16.1. The Bertz CT molecular complexity index is 889. The molecule has 1 aliphatic rings. The van der Waals surface area contributed by atoms with E-state index in [2.05, 4.69) is 26.2 Å². The molecule has 1 fully saturated rings. The SMILES string of the molecule is Cn1cc(C2CCN(c3nc4ccccc4c(=O)[nH]3)CC2)cn1. The smallest absolute Gasteiger partial charge is 0.260 e. The Labute approximate surface area is 133 Å². The van der Waals surface area contributed by atoms with E-state index in [0.717, 1.165) is 31.4 Å². The molecule has 0 unspecified atom stereocenters. The fraction of sp³-hybridized carbons (Fsp3) is 0.353. The molecule has 0 bridgehead atoms. The molecule has 0 spiro atoms. The number of piperidine rings is 1. The monoisotopic (exact) mass is 309 g/mol. The average Bonchev–Trinajstić information content (AvgIpc) is 3.01. The summed E-state index contributed by atoms with van der Waals surface area (Å²) in [6.45, 7) is 1.78. The van der Waals surface area contributed by atoms with Gasteiger partial charge in [-0.25, -0.2) is 4.98 Å². The largest absolute Gasteiger partial charge is 0.342 e. The summed E-state index contributed by atoms with van der Waals surface area (Å²) in [6.07, 6.45) is 6.14. The molecular formula is C17H19N5O. The highest BCUT2D eigenvalue weighted by molar-refractivity contribution is 5.78. The first-order chi connectivity index (χ1) is 11.2. The highest BCUT2D eigenvalue weighted by Crippen LogP contribution is 2.29. The van der Waals surface area contributed by atoms with Gasteiger partial charge in [0, 0.05) is 26.3 Å². The van der Waals surface area contributed by atoms with Gasteiger partial charge in [-0.1, -0.05) is 12.1 Å². The van der Waals surface area contributed by atoms with Gasteiger partial charge in [0.2, 0.25) is 5.95 Å². The second-order valence-corrected chi connectivity index (χ2v) is 6.12. The number of aromatic nitrogens is 4. The van der Waals surface area contributed by atoms with Crippen molar-refractivity contribution in [2.75, 3.05) is 18.0 Å². The van der Waals surface area contributed by atoms with Gasteiger partial charge in [0.15, 0.2) is 0 Å². The number of nitrogens with one attached hydrogen (secondary N) is 1. The van der Waals surface area contributed by atoms with E-state index >= 15 is 0 Å². The predicted molar refractivity (Wildman–Crippen MR) is 89.8 cm³/mol. The number of anilines is 1. The van der Waals surface area contributed by atoms with Gasteiger partial charge in [0.25, 0.3) is 5.56 Å². The fourth-order valence-corrected chi connectivity index (χ4v) is 3.30. The molecule has 0 atom stereocenters. The topological polar surface area (TPSA) is 66.8 Å². The van der Waals surface area contributed by atoms with E-state index in [1.165, 1.54) is 5.56 Å². The van der Waals surface area contributed by atoms with E-state index in [1.54, 1.807) is 6.07 Å².